The summed E-state index contributed by atoms with van der Waals surface area (Å²) in [6, 6.07) is 0. The van der Waals surface area contributed by atoms with E-state index in [9.17, 15) is 14.4 Å². The van der Waals surface area contributed by atoms with E-state index in [0.29, 0.717) is 23.3 Å². The fraction of sp³-hybridized carbons (Fsp3) is 0.794. The first-order valence-electron chi connectivity index (χ1n) is 15.7. The first kappa shape index (κ1) is 28.9. The molecule has 2 heterocycles. The molecule has 2 aliphatic heterocycles. The minimum Gasteiger partial charge on any atom is -0.481 e. The molecule has 6 aliphatic rings. The third-order valence-corrected chi connectivity index (χ3v) is 13.5. The summed E-state index contributed by atoms with van der Waals surface area (Å²) in [4.78, 5) is 36.0. The zero-order valence-electron chi connectivity index (χ0n) is 26.1. The first-order valence-corrected chi connectivity index (χ1v) is 15.7. The van der Waals surface area contributed by atoms with Crippen molar-refractivity contribution in [2.75, 3.05) is 0 Å². The monoisotopic (exact) mass is 568 g/mol. The summed E-state index contributed by atoms with van der Waals surface area (Å²) in [5, 5.41) is 9.07. The molecule has 7 nitrogen and oxygen atoms in total. The molecule has 6 rings (SSSR count). The van der Waals surface area contributed by atoms with Crippen molar-refractivity contribution in [3.05, 3.63) is 22.3 Å². The van der Waals surface area contributed by atoms with E-state index in [0.717, 1.165) is 56.9 Å². The third kappa shape index (κ3) is 3.75. The molecule has 1 N–H and O–H groups in total. The van der Waals surface area contributed by atoms with Gasteiger partial charge in [0.1, 0.15) is 12.5 Å². The summed E-state index contributed by atoms with van der Waals surface area (Å²) >= 11 is 0. The van der Waals surface area contributed by atoms with E-state index in [-0.39, 0.29) is 39.8 Å². The second kappa shape index (κ2) is 8.93. The zero-order chi connectivity index (χ0) is 29.9. The van der Waals surface area contributed by atoms with Gasteiger partial charge in [0.2, 0.25) is 5.79 Å². The summed E-state index contributed by atoms with van der Waals surface area (Å²) in [7, 11) is 0. The maximum Gasteiger partial charge on any atom is 0.336 e. The Bertz CT molecular complexity index is 1280. The summed E-state index contributed by atoms with van der Waals surface area (Å²) in [5.74, 6) is -1.80. The summed E-state index contributed by atoms with van der Waals surface area (Å²) in [5.41, 5.74) is 4.77. The molecular weight excluding hydrogens is 520 g/mol. The number of carbonyl (C=O) groups is 3. The average Bonchev–Trinajstić information content (AvgIpc) is 3.22. The quantitative estimate of drug-likeness (QED) is 0.228. The molecule has 4 aliphatic carbocycles. The van der Waals surface area contributed by atoms with Crippen LogP contribution in [0.25, 0.3) is 0 Å². The summed E-state index contributed by atoms with van der Waals surface area (Å²) in [6.07, 6.45) is 6.83. The van der Waals surface area contributed by atoms with Gasteiger partial charge in [0.05, 0.1) is 6.10 Å². The number of rotatable bonds is 3. The van der Waals surface area contributed by atoms with Crippen LogP contribution in [0.1, 0.15) is 113 Å². The van der Waals surface area contributed by atoms with Crippen molar-refractivity contribution in [2.24, 2.45) is 39.4 Å². The number of allylic oxidation sites excluding steroid dienone is 2. The molecular formula is C34H48O7. The first-order chi connectivity index (χ1) is 19.0. The number of ether oxygens (including phenoxy) is 3. The number of aliphatic carboxylic acids is 1. The number of fused-ring (bicyclic) bond motifs is 6. The standard InChI is InChI=1S/C34H48O7/c1-18-16-34(20(3)19(2)29(38)41-34)40-23-17-33(8)22-9-10-24-30(4,5)25(39-27(37)15-26(35)36)12-13-31(24,6)21(22)11-14-32(33,7)28(18)23/h18,23-25,28H,9-17H2,1-8H3,(H,35,36). The lowest BCUT2D eigenvalue weighted by molar-refractivity contribution is -0.262. The minimum absolute atomic E-state index is 0.00785. The van der Waals surface area contributed by atoms with Crippen LogP contribution in [0.2, 0.25) is 0 Å². The second-order valence-corrected chi connectivity index (χ2v) is 15.6. The Kier molecular flexibility index (Phi) is 6.31. The zero-order valence-corrected chi connectivity index (χ0v) is 26.1. The highest BCUT2D eigenvalue weighted by Gasteiger charge is 2.69. The van der Waals surface area contributed by atoms with Gasteiger partial charge in [-0.2, -0.15) is 0 Å². The van der Waals surface area contributed by atoms with Crippen molar-refractivity contribution in [1.82, 2.24) is 0 Å². The van der Waals surface area contributed by atoms with Gasteiger partial charge in [-0.3, -0.25) is 9.59 Å². The predicted octanol–water partition coefficient (Wildman–Crippen LogP) is 6.75. The third-order valence-electron chi connectivity index (χ3n) is 13.5. The lowest BCUT2D eigenvalue weighted by Crippen LogP contribution is -2.56. The smallest absolute Gasteiger partial charge is 0.336 e. The Morgan fingerprint density at radius 3 is 2.34 bits per heavy atom. The van der Waals surface area contributed by atoms with Gasteiger partial charge in [0.15, 0.2) is 0 Å². The second-order valence-electron chi connectivity index (χ2n) is 15.6. The van der Waals surface area contributed by atoms with E-state index in [1.165, 1.54) is 0 Å². The van der Waals surface area contributed by atoms with Gasteiger partial charge in [0, 0.05) is 23.0 Å². The number of carboxylic acids is 1. The van der Waals surface area contributed by atoms with Crippen molar-refractivity contribution in [1.29, 1.82) is 0 Å². The predicted molar refractivity (Wildman–Crippen MR) is 152 cm³/mol. The van der Waals surface area contributed by atoms with Crippen LogP contribution in [0, 0.1) is 39.4 Å². The van der Waals surface area contributed by atoms with Crippen molar-refractivity contribution in [3.63, 3.8) is 0 Å². The van der Waals surface area contributed by atoms with Crippen LogP contribution >= 0.6 is 0 Å². The Balaban J connectivity index is 1.32. The van der Waals surface area contributed by atoms with Crippen molar-refractivity contribution in [2.45, 2.75) is 131 Å². The summed E-state index contributed by atoms with van der Waals surface area (Å²) in [6.45, 7) is 18.1. The molecule has 41 heavy (non-hydrogen) atoms. The van der Waals surface area contributed by atoms with Crippen LogP contribution in [0.3, 0.4) is 0 Å². The molecule has 0 amide bonds. The van der Waals surface area contributed by atoms with E-state index in [1.807, 2.05) is 13.8 Å². The van der Waals surface area contributed by atoms with E-state index >= 15 is 0 Å². The average molecular weight is 569 g/mol. The van der Waals surface area contributed by atoms with Crippen molar-refractivity contribution >= 4 is 17.9 Å². The van der Waals surface area contributed by atoms with Crippen LogP contribution in [0.15, 0.2) is 22.3 Å². The number of carbonyl (C=O) groups excluding carboxylic acids is 2. The topological polar surface area (TPSA) is 99.1 Å². The van der Waals surface area contributed by atoms with Gasteiger partial charge in [0.25, 0.3) is 0 Å². The molecule has 1 saturated heterocycles. The fourth-order valence-electron chi connectivity index (χ4n) is 11.3. The normalized spacial score (nSPS) is 46.4. The van der Waals surface area contributed by atoms with Crippen LogP contribution in [0.5, 0.6) is 0 Å². The minimum atomic E-state index is -1.15. The highest BCUT2D eigenvalue weighted by Crippen LogP contribution is 2.74. The maximum absolute atomic E-state index is 12.6. The van der Waals surface area contributed by atoms with Gasteiger partial charge in [-0.05, 0) is 92.8 Å². The van der Waals surface area contributed by atoms with Gasteiger partial charge in [-0.15, -0.1) is 0 Å². The maximum atomic E-state index is 12.6. The van der Waals surface area contributed by atoms with Crippen LogP contribution in [-0.2, 0) is 28.6 Å². The van der Waals surface area contributed by atoms with Gasteiger partial charge < -0.3 is 19.3 Å². The van der Waals surface area contributed by atoms with Gasteiger partial charge in [-0.1, -0.05) is 52.7 Å². The number of hydrogen-bond donors (Lipinski definition) is 1. The fourth-order valence-corrected chi connectivity index (χ4v) is 11.3. The van der Waals surface area contributed by atoms with E-state index in [1.54, 1.807) is 11.1 Å². The molecule has 9 atom stereocenters. The Morgan fingerprint density at radius 1 is 1.00 bits per heavy atom. The SMILES string of the molecule is CC1=C(C)C2(CC(C)C3C(CC4(C)C5=C(CCC34C)C3(C)CCC(OC(=O)CC(=O)O)C(C)(C)C3CC5)O2)OC1=O. The lowest BCUT2D eigenvalue weighted by Gasteiger charge is -2.62. The molecule has 0 aromatic heterocycles. The van der Waals surface area contributed by atoms with Crippen LogP contribution < -0.4 is 0 Å². The summed E-state index contributed by atoms with van der Waals surface area (Å²) < 4.78 is 18.7. The Labute approximate surface area is 244 Å². The largest absolute Gasteiger partial charge is 0.481 e. The molecule has 226 valence electrons. The molecule has 0 radical (unpaired) electrons. The molecule has 2 saturated carbocycles. The molecule has 1 spiro atoms. The highest BCUT2D eigenvalue weighted by atomic mass is 16.7. The van der Waals surface area contributed by atoms with E-state index in [2.05, 4.69) is 41.5 Å². The highest BCUT2D eigenvalue weighted by molar-refractivity contribution is 5.92. The van der Waals surface area contributed by atoms with E-state index < -0.39 is 24.1 Å². The molecule has 9 unspecified atom stereocenters. The molecule has 0 bridgehead atoms. The molecule has 7 heteroatoms. The van der Waals surface area contributed by atoms with Gasteiger partial charge in [-0.25, -0.2) is 4.79 Å². The van der Waals surface area contributed by atoms with Gasteiger partial charge >= 0.3 is 17.9 Å². The van der Waals surface area contributed by atoms with Crippen molar-refractivity contribution < 1.29 is 33.7 Å². The molecule has 0 aromatic rings. The number of hydrogen-bond acceptors (Lipinski definition) is 6. The van der Waals surface area contributed by atoms with E-state index in [4.69, 9.17) is 19.3 Å². The Hall–Kier alpha value is -2.15. The number of esters is 2. The van der Waals surface area contributed by atoms with Crippen LogP contribution in [0.4, 0.5) is 0 Å². The molecule has 3 fully saturated rings. The Morgan fingerprint density at radius 2 is 1.71 bits per heavy atom. The van der Waals surface area contributed by atoms with Crippen molar-refractivity contribution in [3.8, 4) is 0 Å². The lowest BCUT2D eigenvalue weighted by atomic mass is 9.43. The molecule has 0 aromatic carbocycles. The number of carboxylic acid groups (broad SMARTS) is 1. The van der Waals surface area contributed by atoms with Crippen LogP contribution in [-0.4, -0.2) is 41.0 Å².